The minimum absolute atomic E-state index is 0.0220. The Balaban J connectivity index is 1.55. The minimum atomic E-state index is -0.677. The largest absolute Gasteiger partial charge is 0.464 e. The van der Waals surface area contributed by atoms with E-state index in [0.29, 0.717) is 18.8 Å². The molecule has 1 unspecified atom stereocenters. The van der Waals surface area contributed by atoms with Gasteiger partial charge in [0.25, 0.3) is 5.56 Å². The van der Waals surface area contributed by atoms with Crippen LogP contribution in [0.1, 0.15) is 29.1 Å². The van der Waals surface area contributed by atoms with Crippen molar-refractivity contribution in [2.24, 2.45) is 5.92 Å². The Kier molecular flexibility index (Phi) is 5.81. The maximum Gasteiger partial charge on any atom is 0.359 e. The number of ether oxygens (including phenoxy) is 1. The highest BCUT2D eigenvalue weighted by Gasteiger charge is 2.28. The third-order valence-corrected chi connectivity index (χ3v) is 5.39. The maximum absolute atomic E-state index is 12.9. The first-order valence-corrected chi connectivity index (χ1v) is 10.0. The zero-order valence-corrected chi connectivity index (χ0v) is 17.3. The van der Waals surface area contributed by atoms with Crippen LogP contribution in [0.5, 0.6) is 0 Å². The van der Waals surface area contributed by atoms with Gasteiger partial charge in [0, 0.05) is 12.2 Å². The van der Waals surface area contributed by atoms with E-state index in [9.17, 15) is 14.4 Å². The molecule has 31 heavy (non-hydrogen) atoms. The van der Waals surface area contributed by atoms with Crippen LogP contribution in [0.2, 0.25) is 0 Å². The van der Waals surface area contributed by atoms with Crippen LogP contribution in [0, 0.1) is 12.8 Å². The molecule has 4 rings (SSSR count). The van der Waals surface area contributed by atoms with Gasteiger partial charge in [-0.15, -0.1) is 0 Å². The first-order chi connectivity index (χ1) is 15.0. The molecule has 1 saturated heterocycles. The Bertz CT molecular complexity index is 1170. The number of carbonyl (C=O) groups is 2. The van der Waals surface area contributed by atoms with E-state index in [4.69, 9.17) is 9.26 Å². The van der Waals surface area contributed by atoms with E-state index < -0.39 is 11.5 Å². The van der Waals surface area contributed by atoms with Crippen molar-refractivity contribution in [2.45, 2.75) is 26.4 Å². The Morgan fingerprint density at radius 1 is 1.29 bits per heavy atom. The highest BCUT2D eigenvalue weighted by atomic mass is 16.5. The molecule has 1 aliphatic heterocycles. The molecular formula is C21H23N5O5. The normalized spacial score (nSPS) is 16.9. The number of fused-ring (bicyclic) bond motifs is 1. The molecule has 1 amide bonds. The fourth-order valence-corrected chi connectivity index (χ4v) is 3.82. The van der Waals surface area contributed by atoms with E-state index in [1.165, 1.54) is 11.8 Å². The molecule has 0 bridgehead atoms. The van der Waals surface area contributed by atoms with Gasteiger partial charge >= 0.3 is 5.97 Å². The number of likely N-dealkylation sites (tertiary alicyclic amines) is 1. The molecule has 0 radical (unpaired) electrons. The number of nitrogens with one attached hydrogen (secondary N) is 1. The molecule has 10 heteroatoms. The van der Waals surface area contributed by atoms with E-state index in [1.807, 2.05) is 35.2 Å². The van der Waals surface area contributed by atoms with Crippen molar-refractivity contribution < 1.29 is 18.8 Å². The van der Waals surface area contributed by atoms with E-state index in [2.05, 4.69) is 15.6 Å². The van der Waals surface area contributed by atoms with Crippen molar-refractivity contribution in [2.75, 3.05) is 25.5 Å². The monoisotopic (exact) mass is 425 g/mol. The molecule has 162 valence electrons. The molecule has 1 atom stereocenters. The summed E-state index contributed by atoms with van der Waals surface area (Å²) >= 11 is 0. The second kappa shape index (κ2) is 8.68. The number of benzene rings is 1. The van der Waals surface area contributed by atoms with E-state index in [0.717, 1.165) is 18.5 Å². The summed E-state index contributed by atoms with van der Waals surface area (Å²) in [5.74, 6) is -0.636. The van der Waals surface area contributed by atoms with Crippen molar-refractivity contribution in [3.05, 3.63) is 52.1 Å². The van der Waals surface area contributed by atoms with E-state index >= 15 is 0 Å². The smallest absolute Gasteiger partial charge is 0.359 e. The summed E-state index contributed by atoms with van der Waals surface area (Å²) in [6, 6.07) is 9.29. The van der Waals surface area contributed by atoms with Crippen LogP contribution in [0.15, 0.2) is 39.6 Å². The Hall–Kier alpha value is -3.53. The second-order valence-electron chi connectivity index (χ2n) is 7.52. The van der Waals surface area contributed by atoms with Gasteiger partial charge in [0.15, 0.2) is 11.2 Å². The summed E-state index contributed by atoms with van der Waals surface area (Å²) in [5, 5.41) is 11.2. The van der Waals surface area contributed by atoms with Gasteiger partial charge in [-0.05, 0) is 38.4 Å². The lowest BCUT2D eigenvalue weighted by atomic mass is 9.97. The Morgan fingerprint density at radius 2 is 2.06 bits per heavy atom. The minimum Gasteiger partial charge on any atom is -0.464 e. The first kappa shape index (κ1) is 20.7. The predicted octanol–water partition coefficient (Wildman–Crippen LogP) is 1.79. The van der Waals surface area contributed by atoms with Crippen molar-refractivity contribution in [1.29, 1.82) is 0 Å². The SMILES string of the molecule is COC(=O)c1nn(CN2CCCC(C(=O)Nc3ccccc3)C2)c(=O)c2noc(C)c12. The average Bonchev–Trinajstić information content (AvgIpc) is 3.18. The molecule has 3 heterocycles. The van der Waals surface area contributed by atoms with Gasteiger partial charge in [-0.25, -0.2) is 9.48 Å². The van der Waals surface area contributed by atoms with Crippen LogP contribution >= 0.6 is 0 Å². The highest BCUT2D eigenvalue weighted by Crippen LogP contribution is 2.21. The van der Waals surface area contributed by atoms with Crippen LogP contribution in [-0.2, 0) is 16.2 Å². The quantitative estimate of drug-likeness (QED) is 0.615. The third kappa shape index (κ3) is 4.19. The van der Waals surface area contributed by atoms with Crippen molar-refractivity contribution in [3.8, 4) is 0 Å². The van der Waals surface area contributed by atoms with Gasteiger partial charge in [-0.1, -0.05) is 23.4 Å². The van der Waals surface area contributed by atoms with Crippen molar-refractivity contribution >= 4 is 28.5 Å². The summed E-state index contributed by atoms with van der Waals surface area (Å²) in [7, 11) is 1.24. The topological polar surface area (TPSA) is 120 Å². The number of piperidine rings is 1. The number of carbonyl (C=O) groups excluding carboxylic acids is 2. The van der Waals surface area contributed by atoms with Crippen LogP contribution in [0.4, 0.5) is 5.69 Å². The van der Waals surface area contributed by atoms with E-state index in [-0.39, 0.29) is 35.1 Å². The molecule has 2 aromatic heterocycles. The molecule has 1 N–H and O–H groups in total. The van der Waals surface area contributed by atoms with E-state index in [1.54, 1.807) is 6.92 Å². The lowest BCUT2D eigenvalue weighted by Crippen LogP contribution is -2.43. The molecule has 0 saturated carbocycles. The predicted molar refractivity (Wildman–Crippen MR) is 112 cm³/mol. The fraction of sp³-hybridized carbons (Fsp3) is 0.381. The summed E-state index contributed by atoms with van der Waals surface area (Å²) in [6.45, 7) is 2.90. The number of hydrogen-bond donors (Lipinski definition) is 1. The zero-order valence-electron chi connectivity index (χ0n) is 17.3. The number of amides is 1. The fourth-order valence-electron chi connectivity index (χ4n) is 3.82. The van der Waals surface area contributed by atoms with Crippen LogP contribution < -0.4 is 10.9 Å². The first-order valence-electron chi connectivity index (χ1n) is 10.0. The maximum atomic E-state index is 12.9. The van der Waals surface area contributed by atoms with Crippen LogP contribution in [0.25, 0.3) is 10.9 Å². The molecule has 1 fully saturated rings. The van der Waals surface area contributed by atoms with Crippen LogP contribution in [-0.4, -0.2) is 51.9 Å². The van der Waals surface area contributed by atoms with Crippen molar-refractivity contribution in [3.63, 3.8) is 0 Å². The van der Waals surface area contributed by atoms with Gasteiger partial charge in [0.2, 0.25) is 5.91 Å². The number of methoxy groups -OCH3 is 1. The molecular weight excluding hydrogens is 402 g/mol. The van der Waals surface area contributed by atoms with Gasteiger partial charge in [0.1, 0.15) is 5.76 Å². The van der Waals surface area contributed by atoms with Gasteiger partial charge in [-0.2, -0.15) is 5.10 Å². The third-order valence-electron chi connectivity index (χ3n) is 5.39. The number of para-hydroxylation sites is 1. The van der Waals surface area contributed by atoms with Crippen LogP contribution in [0.3, 0.4) is 0 Å². The lowest BCUT2D eigenvalue weighted by Gasteiger charge is -2.31. The standard InChI is InChI=1S/C21H23N5O5/c1-13-16-17(24-31-13)20(28)26(23-18(16)21(29)30-2)12-25-10-6-7-14(11-25)19(27)22-15-8-4-3-5-9-15/h3-5,8-9,14H,6-7,10-12H2,1-2H3,(H,22,27). The average molecular weight is 425 g/mol. The number of anilines is 1. The molecule has 10 nitrogen and oxygen atoms in total. The van der Waals surface area contributed by atoms with Gasteiger partial charge < -0.3 is 14.6 Å². The summed E-state index contributed by atoms with van der Waals surface area (Å²) in [4.78, 5) is 39.7. The highest BCUT2D eigenvalue weighted by molar-refractivity contribution is 6.01. The number of nitrogens with zero attached hydrogens (tertiary/aromatic N) is 4. The van der Waals surface area contributed by atoms with Gasteiger partial charge in [0.05, 0.1) is 25.1 Å². The Labute approximate surface area is 177 Å². The molecule has 0 aliphatic carbocycles. The summed E-state index contributed by atoms with van der Waals surface area (Å²) in [6.07, 6.45) is 1.56. The van der Waals surface area contributed by atoms with Gasteiger partial charge in [-0.3, -0.25) is 14.5 Å². The zero-order chi connectivity index (χ0) is 22.0. The number of esters is 1. The summed E-state index contributed by atoms with van der Waals surface area (Å²) < 4.78 is 11.1. The molecule has 1 aromatic carbocycles. The molecule has 0 spiro atoms. The number of aromatic nitrogens is 3. The number of aryl methyl sites for hydroxylation is 1. The molecule has 3 aromatic rings. The number of rotatable bonds is 5. The number of hydrogen-bond acceptors (Lipinski definition) is 8. The lowest BCUT2D eigenvalue weighted by molar-refractivity contribution is -0.121. The molecule has 1 aliphatic rings. The Morgan fingerprint density at radius 3 is 2.81 bits per heavy atom. The van der Waals surface area contributed by atoms with Crippen molar-refractivity contribution in [1.82, 2.24) is 19.8 Å². The second-order valence-corrected chi connectivity index (χ2v) is 7.52. The summed E-state index contributed by atoms with van der Waals surface area (Å²) in [5.41, 5.74) is 0.293.